The summed E-state index contributed by atoms with van der Waals surface area (Å²) in [5.41, 5.74) is 3.34. The Bertz CT molecular complexity index is 366. The fourth-order valence-corrected chi connectivity index (χ4v) is 1.95. The Morgan fingerprint density at radius 3 is 2.35 bits per heavy atom. The van der Waals surface area contributed by atoms with Crippen LogP contribution in [0.1, 0.15) is 66.9 Å². The third kappa shape index (κ3) is 4.72. The third-order valence-electron chi connectivity index (χ3n) is 3.34. The number of Topliss-reactive ketones (excluding diaryl/α,β-unsaturated/α-hetero) is 1. The van der Waals surface area contributed by atoms with E-state index in [1.807, 2.05) is 18.2 Å². The molecule has 0 N–H and O–H groups in total. The lowest BCUT2D eigenvalue weighted by atomic mass is 10.00. The smallest absolute Gasteiger partial charge is 0.162 e. The SMILES string of the molecule is CCCCCCCC(=O)c1ccc(C)c(C)c1. The number of aryl methyl sites for hydroxylation is 2. The standard InChI is InChI=1S/C16H24O/c1-4-5-6-7-8-9-16(17)15-11-10-13(2)14(3)12-15/h10-12H,4-9H2,1-3H3. The van der Waals surface area contributed by atoms with Crippen LogP contribution in [0.25, 0.3) is 0 Å². The molecule has 0 unspecified atom stereocenters. The molecule has 1 aromatic rings. The maximum Gasteiger partial charge on any atom is 0.162 e. The van der Waals surface area contributed by atoms with E-state index in [1.54, 1.807) is 0 Å². The van der Waals surface area contributed by atoms with E-state index in [1.165, 1.54) is 36.8 Å². The molecule has 17 heavy (non-hydrogen) atoms. The first kappa shape index (κ1) is 14.0. The van der Waals surface area contributed by atoms with Crippen molar-refractivity contribution >= 4 is 5.78 Å². The quantitative estimate of drug-likeness (QED) is 0.485. The van der Waals surface area contributed by atoms with E-state index in [0.717, 1.165) is 12.0 Å². The fourth-order valence-electron chi connectivity index (χ4n) is 1.95. The summed E-state index contributed by atoms with van der Waals surface area (Å²) >= 11 is 0. The highest BCUT2D eigenvalue weighted by Gasteiger charge is 2.06. The topological polar surface area (TPSA) is 17.1 Å². The van der Waals surface area contributed by atoms with Crippen LogP contribution in [0.4, 0.5) is 0 Å². The molecular formula is C16H24O. The molecule has 0 heterocycles. The highest BCUT2D eigenvalue weighted by atomic mass is 16.1. The largest absolute Gasteiger partial charge is 0.294 e. The zero-order valence-corrected chi connectivity index (χ0v) is 11.4. The number of carbonyl (C=O) groups is 1. The van der Waals surface area contributed by atoms with Crippen molar-refractivity contribution < 1.29 is 4.79 Å². The van der Waals surface area contributed by atoms with Gasteiger partial charge in [-0.1, -0.05) is 44.7 Å². The second-order valence-corrected chi connectivity index (χ2v) is 4.89. The van der Waals surface area contributed by atoms with E-state index in [4.69, 9.17) is 0 Å². The van der Waals surface area contributed by atoms with Gasteiger partial charge in [0.05, 0.1) is 0 Å². The molecule has 94 valence electrons. The average molecular weight is 232 g/mol. The number of benzene rings is 1. The summed E-state index contributed by atoms with van der Waals surface area (Å²) in [6.45, 7) is 6.35. The van der Waals surface area contributed by atoms with Crippen molar-refractivity contribution in [1.29, 1.82) is 0 Å². The Balaban J connectivity index is 2.39. The van der Waals surface area contributed by atoms with Gasteiger partial charge in [0, 0.05) is 12.0 Å². The molecule has 0 aliphatic heterocycles. The van der Waals surface area contributed by atoms with Crippen LogP contribution in [0.15, 0.2) is 18.2 Å². The van der Waals surface area contributed by atoms with Crippen LogP contribution in [-0.2, 0) is 0 Å². The molecule has 0 fully saturated rings. The van der Waals surface area contributed by atoms with Crippen molar-refractivity contribution in [3.63, 3.8) is 0 Å². The summed E-state index contributed by atoms with van der Waals surface area (Å²) in [6.07, 6.45) is 6.72. The van der Waals surface area contributed by atoms with Crippen molar-refractivity contribution in [2.45, 2.75) is 59.3 Å². The second kappa shape index (κ2) is 7.26. The fraction of sp³-hybridized carbons (Fsp3) is 0.562. The lowest BCUT2D eigenvalue weighted by Gasteiger charge is -2.04. The summed E-state index contributed by atoms with van der Waals surface area (Å²) in [6, 6.07) is 6.01. The lowest BCUT2D eigenvalue weighted by molar-refractivity contribution is 0.0979. The Morgan fingerprint density at radius 1 is 1.00 bits per heavy atom. The molecule has 1 heteroatoms. The molecule has 0 bridgehead atoms. The maximum absolute atomic E-state index is 11.9. The summed E-state index contributed by atoms with van der Waals surface area (Å²) in [5.74, 6) is 0.296. The van der Waals surface area contributed by atoms with Crippen molar-refractivity contribution in [1.82, 2.24) is 0 Å². The molecule has 0 aromatic heterocycles. The van der Waals surface area contributed by atoms with Crippen LogP contribution >= 0.6 is 0 Å². The zero-order chi connectivity index (χ0) is 12.7. The van der Waals surface area contributed by atoms with E-state index in [0.29, 0.717) is 12.2 Å². The van der Waals surface area contributed by atoms with Crippen LogP contribution in [0, 0.1) is 13.8 Å². The monoisotopic (exact) mass is 232 g/mol. The molecule has 0 saturated carbocycles. The van der Waals surface area contributed by atoms with Gasteiger partial charge in [-0.25, -0.2) is 0 Å². The van der Waals surface area contributed by atoms with Crippen LogP contribution in [-0.4, -0.2) is 5.78 Å². The molecule has 0 amide bonds. The van der Waals surface area contributed by atoms with Gasteiger partial charge in [-0.15, -0.1) is 0 Å². The second-order valence-electron chi connectivity index (χ2n) is 4.89. The molecule has 1 rings (SSSR count). The molecule has 0 aliphatic carbocycles. The van der Waals surface area contributed by atoms with Gasteiger partial charge in [0.15, 0.2) is 5.78 Å². The highest BCUT2D eigenvalue weighted by molar-refractivity contribution is 5.96. The van der Waals surface area contributed by atoms with Gasteiger partial charge in [-0.3, -0.25) is 4.79 Å². The number of carbonyl (C=O) groups excluding carboxylic acids is 1. The number of hydrogen-bond acceptors (Lipinski definition) is 1. The molecule has 0 spiro atoms. The summed E-state index contributed by atoms with van der Waals surface area (Å²) in [5, 5.41) is 0. The normalized spacial score (nSPS) is 10.5. The number of rotatable bonds is 7. The first-order valence-corrected chi connectivity index (χ1v) is 6.75. The van der Waals surface area contributed by atoms with Crippen molar-refractivity contribution in [2.75, 3.05) is 0 Å². The van der Waals surface area contributed by atoms with Crippen LogP contribution < -0.4 is 0 Å². The van der Waals surface area contributed by atoms with Gasteiger partial charge in [0.2, 0.25) is 0 Å². The minimum absolute atomic E-state index is 0.296. The highest BCUT2D eigenvalue weighted by Crippen LogP contribution is 2.14. The van der Waals surface area contributed by atoms with E-state index < -0.39 is 0 Å². The molecule has 0 atom stereocenters. The van der Waals surface area contributed by atoms with E-state index in [-0.39, 0.29) is 0 Å². The number of unbranched alkanes of at least 4 members (excludes halogenated alkanes) is 4. The van der Waals surface area contributed by atoms with Crippen molar-refractivity contribution in [2.24, 2.45) is 0 Å². The minimum atomic E-state index is 0.296. The van der Waals surface area contributed by atoms with Gasteiger partial charge in [0.25, 0.3) is 0 Å². The summed E-state index contributed by atoms with van der Waals surface area (Å²) in [7, 11) is 0. The molecule has 1 nitrogen and oxygen atoms in total. The van der Waals surface area contributed by atoms with Crippen LogP contribution in [0.3, 0.4) is 0 Å². The molecule has 0 aliphatic rings. The summed E-state index contributed by atoms with van der Waals surface area (Å²) < 4.78 is 0. The number of hydrogen-bond donors (Lipinski definition) is 0. The van der Waals surface area contributed by atoms with Gasteiger partial charge < -0.3 is 0 Å². The van der Waals surface area contributed by atoms with Crippen molar-refractivity contribution in [3.05, 3.63) is 34.9 Å². The van der Waals surface area contributed by atoms with Crippen molar-refractivity contribution in [3.8, 4) is 0 Å². The molecule has 1 aromatic carbocycles. The minimum Gasteiger partial charge on any atom is -0.294 e. The predicted molar refractivity (Wildman–Crippen MR) is 73.6 cm³/mol. The Kier molecular flexibility index (Phi) is 5.96. The van der Waals surface area contributed by atoms with Gasteiger partial charge in [0.1, 0.15) is 0 Å². The van der Waals surface area contributed by atoms with E-state index in [2.05, 4.69) is 20.8 Å². The van der Waals surface area contributed by atoms with Gasteiger partial charge in [-0.05, 0) is 37.5 Å². The Hall–Kier alpha value is -1.11. The van der Waals surface area contributed by atoms with Gasteiger partial charge >= 0.3 is 0 Å². The Morgan fingerprint density at radius 2 is 1.71 bits per heavy atom. The van der Waals surface area contributed by atoms with Crippen LogP contribution in [0.5, 0.6) is 0 Å². The van der Waals surface area contributed by atoms with E-state index >= 15 is 0 Å². The molecule has 0 saturated heterocycles. The zero-order valence-electron chi connectivity index (χ0n) is 11.4. The summed E-state index contributed by atoms with van der Waals surface area (Å²) in [4.78, 5) is 11.9. The molecule has 0 radical (unpaired) electrons. The predicted octanol–water partition coefficient (Wildman–Crippen LogP) is 4.85. The lowest BCUT2D eigenvalue weighted by Crippen LogP contribution is -2.00. The third-order valence-corrected chi connectivity index (χ3v) is 3.34. The van der Waals surface area contributed by atoms with Gasteiger partial charge in [-0.2, -0.15) is 0 Å². The molecular weight excluding hydrogens is 208 g/mol. The first-order chi connectivity index (χ1) is 8.15. The average Bonchev–Trinajstić information content (AvgIpc) is 2.32. The van der Waals surface area contributed by atoms with E-state index in [9.17, 15) is 4.79 Å². The maximum atomic E-state index is 11.9. The Labute approximate surface area is 105 Å². The van der Waals surface area contributed by atoms with Crippen LogP contribution in [0.2, 0.25) is 0 Å². The number of ketones is 1. The first-order valence-electron chi connectivity index (χ1n) is 6.75.